The molecule has 1 N–H and O–H groups in total. The van der Waals surface area contributed by atoms with Crippen LogP contribution < -0.4 is 5.32 Å². The van der Waals surface area contributed by atoms with Crippen LogP contribution in [0.3, 0.4) is 0 Å². The van der Waals surface area contributed by atoms with Gasteiger partial charge in [-0.05, 0) is 44.2 Å². The van der Waals surface area contributed by atoms with Crippen LogP contribution in [0.1, 0.15) is 46.3 Å². The summed E-state index contributed by atoms with van der Waals surface area (Å²) in [5.74, 6) is -0.712. The summed E-state index contributed by atoms with van der Waals surface area (Å²) in [6, 6.07) is 1.93. The second-order valence-corrected chi connectivity index (χ2v) is 6.34. The first-order valence-electron chi connectivity index (χ1n) is 7.33. The summed E-state index contributed by atoms with van der Waals surface area (Å²) in [6.07, 6.45) is 6.49. The van der Waals surface area contributed by atoms with Gasteiger partial charge in [0, 0.05) is 11.4 Å². The lowest BCUT2D eigenvalue weighted by Crippen LogP contribution is -2.35. The van der Waals surface area contributed by atoms with E-state index in [1.165, 1.54) is 41.0 Å². The van der Waals surface area contributed by atoms with Crippen LogP contribution in [0.25, 0.3) is 0 Å². The van der Waals surface area contributed by atoms with Gasteiger partial charge in [-0.3, -0.25) is 4.79 Å². The van der Waals surface area contributed by atoms with E-state index in [2.05, 4.69) is 11.9 Å². The lowest BCUT2D eigenvalue weighted by Gasteiger charge is -2.11. The van der Waals surface area contributed by atoms with Gasteiger partial charge >= 0.3 is 5.97 Å². The van der Waals surface area contributed by atoms with Crippen molar-refractivity contribution in [2.75, 3.05) is 6.54 Å². The Balaban J connectivity index is 1.97. The molecule has 1 unspecified atom stereocenters. The maximum atomic E-state index is 12.1. The van der Waals surface area contributed by atoms with E-state index >= 15 is 0 Å². The van der Waals surface area contributed by atoms with Crippen molar-refractivity contribution in [3.63, 3.8) is 0 Å². The SMILES string of the molecule is C=CCNC(=O)C(C)OC(=O)c1cc2c(s1)CCCCC2. The number of ether oxygens (including phenoxy) is 1. The molecular formula is C16H21NO3S. The molecule has 0 saturated carbocycles. The lowest BCUT2D eigenvalue weighted by atomic mass is 10.1. The number of fused-ring (bicyclic) bond motifs is 1. The fraction of sp³-hybridized carbons (Fsp3) is 0.500. The summed E-state index contributed by atoms with van der Waals surface area (Å²) >= 11 is 1.51. The summed E-state index contributed by atoms with van der Waals surface area (Å²) in [7, 11) is 0. The van der Waals surface area contributed by atoms with Gasteiger partial charge in [0.2, 0.25) is 0 Å². The Hall–Kier alpha value is -1.62. The van der Waals surface area contributed by atoms with Gasteiger partial charge in [-0.2, -0.15) is 0 Å². The first-order chi connectivity index (χ1) is 10.1. The maximum absolute atomic E-state index is 12.1. The third kappa shape index (κ3) is 4.17. The molecule has 0 aliphatic heterocycles. The third-order valence-electron chi connectivity index (χ3n) is 3.52. The topological polar surface area (TPSA) is 55.4 Å². The smallest absolute Gasteiger partial charge is 0.349 e. The van der Waals surface area contributed by atoms with E-state index in [1.807, 2.05) is 6.07 Å². The highest BCUT2D eigenvalue weighted by Crippen LogP contribution is 2.29. The zero-order chi connectivity index (χ0) is 15.2. The molecule has 1 aromatic rings. The van der Waals surface area contributed by atoms with E-state index in [0.717, 1.165) is 12.8 Å². The van der Waals surface area contributed by atoms with Gasteiger partial charge in [0.05, 0.1) is 0 Å². The molecule has 21 heavy (non-hydrogen) atoms. The molecule has 1 aromatic heterocycles. The molecule has 0 bridgehead atoms. The Bertz CT molecular complexity index is 512. The minimum atomic E-state index is -0.792. The quantitative estimate of drug-likeness (QED) is 0.517. The van der Waals surface area contributed by atoms with Crippen LogP contribution in [-0.2, 0) is 22.4 Å². The molecule has 1 aliphatic rings. The summed E-state index contributed by atoms with van der Waals surface area (Å²) in [5, 5.41) is 2.62. The van der Waals surface area contributed by atoms with Crippen LogP contribution in [0.15, 0.2) is 18.7 Å². The molecule has 4 nitrogen and oxygen atoms in total. The van der Waals surface area contributed by atoms with Crippen LogP contribution in [0.2, 0.25) is 0 Å². The molecule has 0 fully saturated rings. The van der Waals surface area contributed by atoms with Gasteiger partial charge in [0.1, 0.15) is 4.88 Å². The van der Waals surface area contributed by atoms with Crippen molar-refractivity contribution in [2.24, 2.45) is 0 Å². The minimum absolute atomic E-state index is 0.304. The number of hydrogen-bond acceptors (Lipinski definition) is 4. The predicted molar refractivity (Wildman–Crippen MR) is 83.7 cm³/mol. The maximum Gasteiger partial charge on any atom is 0.349 e. The molecule has 1 heterocycles. The van der Waals surface area contributed by atoms with Crippen LogP contribution in [-0.4, -0.2) is 24.5 Å². The summed E-state index contributed by atoms with van der Waals surface area (Å²) in [4.78, 5) is 25.7. The Labute approximate surface area is 129 Å². The normalized spacial score (nSPS) is 15.5. The fourth-order valence-corrected chi connectivity index (χ4v) is 3.49. The molecular weight excluding hydrogens is 286 g/mol. The Morgan fingerprint density at radius 2 is 2.19 bits per heavy atom. The van der Waals surface area contributed by atoms with Gasteiger partial charge < -0.3 is 10.1 Å². The monoisotopic (exact) mass is 307 g/mol. The number of aryl methyl sites for hydroxylation is 2. The van der Waals surface area contributed by atoms with Crippen molar-refractivity contribution in [3.05, 3.63) is 34.0 Å². The summed E-state index contributed by atoms with van der Waals surface area (Å²) in [5.41, 5.74) is 1.27. The molecule has 2 rings (SSSR count). The molecule has 0 spiro atoms. The third-order valence-corrected chi connectivity index (χ3v) is 4.74. The average Bonchev–Trinajstić information content (AvgIpc) is 2.76. The molecule has 0 saturated heterocycles. The first kappa shape index (κ1) is 15.8. The highest BCUT2D eigenvalue weighted by Gasteiger charge is 2.21. The number of esters is 1. The average molecular weight is 307 g/mol. The second kappa shape index (κ2) is 7.41. The number of amides is 1. The van der Waals surface area contributed by atoms with Gasteiger partial charge in [0.15, 0.2) is 6.10 Å². The number of thiophene rings is 1. The van der Waals surface area contributed by atoms with E-state index in [-0.39, 0.29) is 5.91 Å². The Kier molecular flexibility index (Phi) is 5.56. The van der Waals surface area contributed by atoms with Crippen LogP contribution in [0.5, 0.6) is 0 Å². The number of carbonyl (C=O) groups is 2. The van der Waals surface area contributed by atoms with Crippen LogP contribution >= 0.6 is 11.3 Å². The second-order valence-electron chi connectivity index (χ2n) is 5.20. The molecule has 1 aliphatic carbocycles. The summed E-state index contributed by atoms with van der Waals surface area (Å²) in [6.45, 7) is 5.47. The van der Waals surface area contributed by atoms with Crippen molar-refractivity contribution in [3.8, 4) is 0 Å². The van der Waals surface area contributed by atoms with Crippen molar-refractivity contribution >= 4 is 23.2 Å². The zero-order valence-electron chi connectivity index (χ0n) is 12.3. The first-order valence-corrected chi connectivity index (χ1v) is 8.14. The molecule has 1 atom stereocenters. The minimum Gasteiger partial charge on any atom is -0.448 e. The molecule has 1 amide bonds. The molecule has 114 valence electrons. The largest absolute Gasteiger partial charge is 0.448 e. The van der Waals surface area contributed by atoms with Crippen molar-refractivity contribution in [1.29, 1.82) is 0 Å². The summed E-state index contributed by atoms with van der Waals surface area (Å²) < 4.78 is 5.23. The Morgan fingerprint density at radius 3 is 2.95 bits per heavy atom. The van der Waals surface area contributed by atoms with Crippen LogP contribution in [0, 0.1) is 0 Å². The van der Waals surface area contributed by atoms with E-state index in [4.69, 9.17) is 4.74 Å². The predicted octanol–water partition coefficient (Wildman–Crippen LogP) is 2.86. The fourth-order valence-electron chi connectivity index (χ4n) is 2.36. The Morgan fingerprint density at radius 1 is 1.43 bits per heavy atom. The van der Waals surface area contributed by atoms with Gasteiger partial charge in [-0.15, -0.1) is 17.9 Å². The van der Waals surface area contributed by atoms with E-state index in [1.54, 1.807) is 13.0 Å². The molecule has 0 radical (unpaired) electrons. The zero-order valence-corrected chi connectivity index (χ0v) is 13.1. The standard InChI is InChI=1S/C16H21NO3S/c1-3-9-17-15(18)11(2)20-16(19)14-10-12-7-5-4-6-8-13(12)21-14/h3,10-11H,1,4-9H2,2H3,(H,17,18). The van der Waals surface area contributed by atoms with E-state index in [9.17, 15) is 9.59 Å². The highest BCUT2D eigenvalue weighted by molar-refractivity contribution is 7.14. The van der Waals surface area contributed by atoms with Crippen molar-refractivity contribution < 1.29 is 14.3 Å². The van der Waals surface area contributed by atoms with Gasteiger partial charge in [0.25, 0.3) is 5.91 Å². The van der Waals surface area contributed by atoms with E-state index < -0.39 is 12.1 Å². The van der Waals surface area contributed by atoms with Gasteiger partial charge in [-0.1, -0.05) is 12.5 Å². The van der Waals surface area contributed by atoms with Crippen molar-refractivity contribution in [1.82, 2.24) is 5.32 Å². The van der Waals surface area contributed by atoms with E-state index in [0.29, 0.717) is 11.4 Å². The number of carbonyl (C=O) groups excluding carboxylic acids is 2. The van der Waals surface area contributed by atoms with Gasteiger partial charge in [-0.25, -0.2) is 4.79 Å². The van der Waals surface area contributed by atoms with Crippen molar-refractivity contribution in [2.45, 2.75) is 45.1 Å². The number of nitrogens with one attached hydrogen (secondary N) is 1. The van der Waals surface area contributed by atoms with Crippen LogP contribution in [0.4, 0.5) is 0 Å². The number of rotatable bonds is 5. The molecule has 0 aromatic carbocycles. The highest BCUT2D eigenvalue weighted by atomic mass is 32.1. The number of hydrogen-bond donors (Lipinski definition) is 1. The lowest BCUT2D eigenvalue weighted by molar-refractivity contribution is -0.128. The molecule has 5 heteroatoms.